The molecule has 3 aromatic rings. The van der Waals surface area contributed by atoms with Crippen LogP contribution in [0.3, 0.4) is 0 Å². The average Bonchev–Trinajstić information content (AvgIpc) is 2.59. The average molecular weight is 325 g/mol. The number of ether oxygens (including phenoxy) is 1. The molecule has 0 fully saturated rings. The van der Waals surface area contributed by atoms with Crippen molar-refractivity contribution in [2.75, 3.05) is 6.61 Å². The molecular weight excluding hydrogens is 312 g/mol. The van der Waals surface area contributed by atoms with E-state index in [0.717, 1.165) is 10.8 Å². The molecule has 0 atom stereocenters. The first-order valence-electron chi connectivity index (χ1n) is 7.08. The van der Waals surface area contributed by atoms with Gasteiger partial charge in [-0.2, -0.15) is 0 Å². The van der Waals surface area contributed by atoms with Crippen LogP contribution in [0.5, 0.6) is 0 Å². The van der Waals surface area contributed by atoms with Crippen LogP contribution in [0, 0.1) is 0 Å². The second kappa shape index (κ2) is 6.63. The number of hydrogen-bond donors (Lipinski definition) is 0. The molecule has 0 spiro atoms. The molecule has 0 saturated carbocycles. The Hall–Kier alpha value is -2.65. The Balaban J connectivity index is 1.69. The Morgan fingerprint density at radius 2 is 1.61 bits per heavy atom. The highest BCUT2D eigenvalue weighted by molar-refractivity contribution is 6.30. The van der Waals surface area contributed by atoms with E-state index >= 15 is 0 Å². The van der Waals surface area contributed by atoms with E-state index in [1.807, 2.05) is 30.3 Å². The Morgan fingerprint density at radius 3 is 2.39 bits per heavy atom. The molecule has 0 saturated heterocycles. The molecule has 0 bridgehead atoms. The summed E-state index contributed by atoms with van der Waals surface area (Å²) < 4.78 is 5.06. The summed E-state index contributed by atoms with van der Waals surface area (Å²) in [5, 5.41) is 2.47. The van der Waals surface area contributed by atoms with E-state index in [1.54, 1.807) is 30.3 Å². The number of fused-ring (bicyclic) bond motifs is 1. The highest BCUT2D eigenvalue weighted by Gasteiger charge is 2.12. The van der Waals surface area contributed by atoms with E-state index < -0.39 is 5.97 Å². The highest BCUT2D eigenvalue weighted by Crippen LogP contribution is 2.16. The van der Waals surface area contributed by atoms with Crippen molar-refractivity contribution in [2.24, 2.45) is 0 Å². The van der Waals surface area contributed by atoms with Gasteiger partial charge in [0.15, 0.2) is 12.4 Å². The quantitative estimate of drug-likeness (QED) is 0.523. The van der Waals surface area contributed by atoms with Gasteiger partial charge in [-0.3, -0.25) is 4.79 Å². The molecule has 4 heteroatoms. The number of ketones is 1. The lowest BCUT2D eigenvalue weighted by atomic mass is 10.0. The Bertz CT molecular complexity index is 886. The first-order valence-corrected chi connectivity index (χ1v) is 7.46. The molecule has 0 amide bonds. The summed E-state index contributed by atoms with van der Waals surface area (Å²) in [6.45, 7) is -0.302. The van der Waals surface area contributed by atoms with Crippen molar-refractivity contribution >= 4 is 34.1 Å². The molecular formula is C19H13ClO3. The van der Waals surface area contributed by atoms with Gasteiger partial charge in [-0.05, 0) is 35.0 Å². The molecule has 0 unspecified atom stereocenters. The summed E-state index contributed by atoms with van der Waals surface area (Å²) in [5.41, 5.74) is 0.839. The first kappa shape index (κ1) is 15.3. The predicted octanol–water partition coefficient (Wildman–Crippen LogP) is 4.53. The summed E-state index contributed by atoms with van der Waals surface area (Å²) in [5.74, 6) is -0.812. The van der Waals surface area contributed by atoms with Crippen LogP contribution in [0.1, 0.15) is 20.7 Å². The van der Waals surface area contributed by atoms with E-state index in [4.69, 9.17) is 16.3 Å². The second-order valence-corrected chi connectivity index (χ2v) is 5.51. The Labute approximate surface area is 138 Å². The molecule has 0 aromatic heterocycles. The van der Waals surface area contributed by atoms with E-state index in [-0.39, 0.29) is 12.4 Å². The number of carbonyl (C=O) groups is 2. The number of carbonyl (C=O) groups excluding carboxylic acids is 2. The van der Waals surface area contributed by atoms with Crippen LogP contribution < -0.4 is 0 Å². The maximum Gasteiger partial charge on any atom is 0.338 e. The minimum Gasteiger partial charge on any atom is -0.454 e. The van der Waals surface area contributed by atoms with Crippen LogP contribution in [-0.4, -0.2) is 18.4 Å². The lowest BCUT2D eigenvalue weighted by Gasteiger charge is -2.06. The minimum absolute atomic E-state index is 0.244. The first-order chi connectivity index (χ1) is 11.1. The van der Waals surface area contributed by atoms with Crippen LogP contribution in [0.2, 0.25) is 5.02 Å². The highest BCUT2D eigenvalue weighted by atomic mass is 35.5. The van der Waals surface area contributed by atoms with Crippen molar-refractivity contribution < 1.29 is 14.3 Å². The van der Waals surface area contributed by atoms with Gasteiger partial charge < -0.3 is 4.74 Å². The van der Waals surface area contributed by atoms with Gasteiger partial charge in [0, 0.05) is 10.6 Å². The molecule has 0 aliphatic rings. The lowest BCUT2D eigenvalue weighted by Crippen LogP contribution is -2.14. The number of benzene rings is 3. The molecule has 3 nitrogen and oxygen atoms in total. The standard InChI is InChI=1S/C19H13ClO3/c20-17-7-3-6-16(11-17)19(22)23-12-18(21)15-9-8-13-4-1-2-5-14(13)10-15/h1-11H,12H2. The molecule has 0 aliphatic carbocycles. The molecule has 3 rings (SSSR count). The number of rotatable bonds is 4. The number of Topliss-reactive ketones (excluding diaryl/α,β-unsaturated/α-hetero) is 1. The van der Waals surface area contributed by atoms with Gasteiger partial charge in [0.1, 0.15) is 0 Å². The molecule has 0 N–H and O–H groups in total. The summed E-state index contributed by atoms with van der Waals surface area (Å²) in [4.78, 5) is 24.1. The van der Waals surface area contributed by atoms with Crippen LogP contribution >= 0.6 is 11.6 Å². The van der Waals surface area contributed by atoms with Gasteiger partial charge in [-0.1, -0.05) is 54.1 Å². The predicted molar refractivity (Wildman–Crippen MR) is 90.0 cm³/mol. The van der Waals surface area contributed by atoms with Crippen molar-refractivity contribution in [1.29, 1.82) is 0 Å². The molecule has 0 radical (unpaired) electrons. The molecule has 23 heavy (non-hydrogen) atoms. The van der Waals surface area contributed by atoms with E-state index in [9.17, 15) is 9.59 Å². The molecule has 114 valence electrons. The SMILES string of the molecule is O=C(COC(=O)c1cccc(Cl)c1)c1ccc2ccccc2c1. The number of hydrogen-bond acceptors (Lipinski definition) is 3. The normalized spacial score (nSPS) is 10.5. The number of esters is 1. The largest absolute Gasteiger partial charge is 0.454 e. The minimum atomic E-state index is -0.568. The summed E-state index contributed by atoms with van der Waals surface area (Å²) in [6, 6.07) is 19.6. The Kier molecular flexibility index (Phi) is 4.40. The third-order valence-electron chi connectivity index (χ3n) is 3.47. The van der Waals surface area contributed by atoms with Crippen molar-refractivity contribution in [3.05, 3.63) is 82.9 Å². The monoisotopic (exact) mass is 324 g/mol. The zero-order valence-electron chi connectivity index (χ0n) is 12.2. The van der Waals surface area contributed by atoms with Gasteiger partial charge in [-0.25, -0.2) is 4.79 Å². The van der Waals surface area contributed by atoms with E-state index in [2.05, 4.69) is 0 Å². The second-order valence-electron chi connectivity index (χ2n) is 5.07. The molecule has 0 aliphatic heterocycles. The van der Waals surface area contributed by atoms with Crippen molar-refractivity contribution in [1.82, 2.24) is 0 Å². The van der Waals surface area contributed by atoms with Gasteiger partial charge in [0.25, 0.3) is 0 Å². The molecule has 3 aromatic carbocycles. The van der Waals surface area contributed by atoms with E-state index in [1.165, 1.54) is 6.07 Å². The maximum atomic E-state index is 12.2. The molecule has 0 heterocycles. The van der Waals surface area contributed by atoms with Crippen molar-refractivity contribution in [2.45, 2.75) is 0 Å². The van der Waals surface area contributed by atoms with Crippen LogP contribution in [0.4, 0.5) is 0 Å². The third-order valence-corrected chi connectivity index (χ3v) is 3.70. The van der Waals surface area contributed by atoms with Crippen molar-refractivity contribution in [3.8, 4) is 0 Å². The third kappa shape index (κ3) is 3.58. The Morgan fingerprint density at radius 1 is 0.826 bits per heavy atom. The zero-order chi connectivity index (χ0) is 16.2. The smallest absolute Gasteiger partial charge is 0.338 e. The van der Waals surface area contributed by atoms with Crippen LogP contribution in [0.25, 0.3) is 10.8 Å². The lowest BCUT2D eigenvalue weighted by molar-refractivity contribution is 0.0475. The summed E-state index contributed by atoms with van der Waals surface area (Å²) >= 11 is 5.83. The fourth-order valence-corrected chi connectivity index (χ4v) is 2.47. The van der Waals surface area contributed by atoms with Gasteiger partial charge in [-0.15, -0.1) is 0 Å². The summed E-state index contributed by atoms with van der Waals surface area (Å²) in [7, 11) is 0. The fourth-order valence-electron chi connectivity index (χ4n) is 2.28. The number of halogens is 1. The fraction of sp³-hybridized carbons (Fsp3) is 0.0526. The maximum absolute atomic E-state index is 12.2. The van der Waals surface area contributed by atoms with Gasteiger partial charge in [0.05, 0.1) is 5.56 Å². The topological polar surface area (TPSA) is 43.4 Å². The van der Waals surface area contributed by atoms with Crippen LogP contribution in [0.15, 0.2) is 66.7 Å². The zero-order valence-corrected chi connectivity index (χ0v) is 12.9. The van der Waals surface area contributed by atoms with Gasteiger partial charge in [0.2, 0.25) is 0 Å². The van der Waals surface area contributed by atoms with Gasteiger partial charge >= 0.3 is 5.97 Å². The van der Waals surface area contributed by atoms with E-state index in [0.29, 0.717) is 16.1 Å². The van der Waals surface area contributed by atoms with Crippen LogP contribution in [-0.2, 0) is 4.74 Å². The summed E-state index contributed by atoms with van der Waals surface area (Å²) in [6.07, 6.45) is 0. The van der Waals surface area contributed by atoms with Crippen molar-refractivity contribution in [3.63, 3.8) is 0 Å².